The third-order valence-corrected chi connectivity index (χ3v) is 1.81. The molecule has 1 rings (SSSR count). The highest BCUT2D eigenvalue weighted by atomic mass is 19.1. The SMILES string of the molecule is CC1(F)CC(C)(N=C=O)C1. The summed E-state index contributed by atoms with van der Waals surface area (Å²) in [6.07, 6.45) is 2.14. The standard InChI is InChI=1S/C7H10FNO/c1-6(8)3-7(2,4-6)9-5-10/h3-4H2,1-2H3. The van der Waals surface area contributed by atoms with Crippen molar-refractivity contribution in [3.05, 3.63) is 0 Å². The zero-order chi connectivity index (χ0) is 7.83. The lowest BCUT2D eigenvalue weighted by Crippen LogP contribution is -2.48. The first-order valence-corrected chi connectivity index (χ1v) is 3.25. The number of isocyanates is 1. The van der Waals surface area contributed by atoms with Crippen LogP contribution in [-0.2, 0) is 4.79 Å². The summed E-state index contributed by atoms with van der Waals surface area (Å²) in [5, 5.41) is 0. The van der Waals surface area contributed by atoms with Crippen LogP contribution in [0.25, 0.3) is 0 Å². The van der Waals surface area contributed by atoms with Crippen LogP contribution in [0.3, 0.4) is 0 Å². The number of hydrogen-bond acceptors (Lipinski definition) is 2. The summed E-state index contributed by atoms with van der Waals surface area (Å²) in [5.74, 6) is 0. The number of carbonyl (C=O) groups excluding carboxylic acids is 1. The number of rotatable bonds is 1. The van der Waals surface area contributed by atoms with Crippen molar-refractivity contribution >= 4 is 6.08 Å². The number of alkyl halides is 1. The van der Waals surface area contributed by atoms with Crippen LogP contribution in [0.4, 0.5) is 4.39 Å². The van der Waals surface area contributed by atoms with Gasteiger partial charge in [0.15, 0.2) is 0 Å². The maximum absolute atomic E-state index is 12.8. The summed E-state index contributed by atoms with van der Waals surface area (Å²) in [5.41, 5.74) is -1.58. The van der Waals surface area contributed by atoms with E-state index < -0.39 is 11.2 Å². The Morgan fingerprint density at radius 3 is 2.30 bits per heavy atom. The van der Waals surface area contributed by atoms with Crippen molar-refractivity contribution in [3.63, 3.8) is 0 Å². The van der Waals surface area contributed by atoms with E-state index in [4.69, 9.17) is 0 Å². The molecular formula is C7H10FNO. The van der Waals surface area contributed by atoms with Gasteiger partial charge in [0, 0.05) is 12.8 Å². The molecule has 0 spiro atoms. The van der Waals surface area contributed by atoms with Gasteiger partial charge in [0.25, 0.3) is 0 Å². The van der Waals surface area contributed by atoms with E-state index in [0.717, 1.165) is 0 Å². The summed E-state index contributed by atoms with van der Waals surface area (Å²) in [6.45, 7) is 3.29. The fraction of sp³-hybridized carbons (Fsp3) is 0.857. The minimum atomic E-state index is -1.12. The molecule has 56 valence electrons. The first-order chi connectivity index (χ1) is 4.47. The molecule has 1 saturated carbocycles. The van der Waals surface area contributed by atoms with Crippen molar-refractivity contribution < 1.29 is 9.18 Å². The van der Waals surface area contributed by atoms with Gasteiger partial charge < -0.3 is 0 Å². The molecule has 2 nitrogen and oxygen atoms in total. The van der Waals surface area contributed by atoms with Crippen molar-refractivity contribution in [1.82, 2.24) is 0 Å². The van der Waals surface area contributed by atoms with Crippen molar-refractivity contribution in [2.45, 2.75) is 37.9 Å². The molecule has 10 heavy (non-hydrogen) atoms. The lowest BCUT2D eigenvalue weighted by Gasteiger charge is -2.43. The molecule has 0 radical (unpaired) electrons. The average molecular weight is 143 g/mol. The lowest BCUT2D eigenvalue weighted by atomic mass is 9.69. The van der Waals surface area contributed by atoms with Crippen LogP contribution >= 0.6 is 0 Å². The zero-order valence-electron chi connectivity index (χ0n) is 6.15. The van der Waals surface area contributed by atoms with E-state index in [2.05, 4.69) is 4.99 Å². The van der Waals surface area contributed by atoms with Gasteiger partial charge in [-0.25, -0.2) is 9.18 Å². The van der Waals surface area contributed by atoms with Gasteiger partial charge in [-0.05, 0) is 13.8 Å². The molecule has 1 aliphatic carbocycles. The second-order valence-electron chi connectivity index (χ2n) is 3.47. The molecule has 3 heteroatoms. The van der Waals surface area contributed by atoms with Gasteiger partial charge in [0.2, 0.25) is 6.08 Å². The minimum Gasteiger partial charge on any atom is -0.244 e. The topological polar surface area (TPSA) is 29.4 Å². The highest BCUT2D eigenvalue weighted by molar-refractivity contribution is 5.36. The number of nitrogens with zero attached hydrogens (tertiary/aromatic N) is 1. The fourth-order valence-electron chi connectivity index (χ4n) is 1.73. The van der Waals surface area contributed by atoms with E-state index >= 15 is 0 Å². The predicted octanol–water partition coefficient (Wildman–Crippen LogP) is 1.60. The summed E-state index contributed by atoms with van der Waals surface area (Å²) >= 11 is 0. The third kappa shape index (κ3) is 1.24. The average Bonchev–Trinajstić information content (AvgIpc) is 1.58. The molecule has 0 heterocycles. The Bertz CT molecular complexity index is 186. The first-order valence-electron chi connectivity index (χ1n) is 3.25. The van der Waals surface area contributed by atoms with Crippen LogP contribution < -0.4 is 0 Å². The molecule has 0 aromatic rings. The van der Waals surface area contributed by atoms with E-state index in [1.807, 2.05) is 0 Å². The monoisotopic (exact) mass is 143 g/mol. The number of hydrogen-bond donors (Lipinski definition) is 0. The molecular weight excluding hydrogens is 133 g/mol. The lowest BCUT2D eigenvalue weighted by molar-refractivity contribution is 0.0153. The summed E-state index contributed by atoms with van der Waals surface area (Å²) in [7, 11) is 0. The smallest absolute Gasteiger partial charge is 0.235 e. The Morgan fingerprint density at radius 2 is 2.00 bits per heavy atom. The number of aliphatic imine (C=N–C) groups is 1. The molecule has 0 bridgehead atoms. The number of halogens is 1. The van der Waals surface area contributed by atoms with Gasteiger partial charge >= 0.3 is 0 Å². The molecule has 0 aromatic carbocycles. The van der Waals surface area contributed by atoms with Gasteiger partial charge in [-0.2, -0.15) is 4.99 Å². The van der Waals surface area contributed by atoms with E-state index in [1.54, 1.807) is 6.92 Å². The van der Waals surface area contributed by atoms with E-state index in [0.29, 0.717) is 12.8 Å². The maximum Gasteiger partial charge on any atom is 0.235 e. The second kappa shape index (κ2) is 1.89. The largest absolute Gasteiger partial charge is 0.244 e. The Morgan fingerprint density at radius 1 is 1.50 bits per heavy atom. The molecule has 1 fully saturated rings. The van der Waals surface area contributed by atoms with E-state index in [-0.39, 0.29) is 0 Å². The molecule has 0 unspecified atom stereocenters. The van der Waals surface area contributed by atoms with Gasteiger partial charge in [0.1, 0.15) is 5.67 Å². The van der Waals surface area contributed by atoms with Crippen LogP contribution in [0.2, 0.25) is 0 Å². The highest BCUT2D eigenvalue weighted by Crippen LogP contribution is 2.45. The Balaban J connectivity index is 2.57. The Hall–Kier alpha value is -0.690. The maximum atomic E-state index is 12.8. The van der Waals surface area contributed by atoms with Crippen molar-refractivity contribution in [2.75, 3.05) is 0 Å². The normalized spacial score (nSPS) is 45.5. The summed E-state index contributed by atoms with van der Waals surface area (Å²) in [4.78, 5) is 13.3. The molecule has 0 aromatic heterocycles. The summed E-state index contributed by atoms with van der Waals surface area (Å²) in [6, 6.07) is 0. The molecule has 0 saturated heterocycles. The fourth-order valence-corrected chi connectivity index (χ4v) is 1.73. The van der Waals surface area contributed by atoms with E-state index in [1.165, 1.54) is 13.0 Å². The van der Waals surface area contributed by atoms with Crippen LogP contribution in [-0.4, -0.2) is 17.3 Å². The Kier molecular flexibility index (Phi) is 1.41. The van der Waals surface area contributed by atoms with Crippen molar-refractivity contribution in [1.29, 1.82) is 0 Å². The van der Waals surface area contributed by atoms with E-state index in [9.17, 15) is 9.18 Å². The molecule has 0 aliphatic heterocycles. The van der Waals surface area contributed by atoms with Crippen LogP contribution in [0, 0.1) is 0 Å². The highest BCUT2D eigenvalue weighted by Gasteiger charge is 2.49. The van der Waals surface area contributed by atoms with Crippen LogP contribution in [0.1, 0.15) is 26.7 Å². The van der Waals surface area contributed by atoms with Gasteiger partial charge in [-0.15, -0.1) is 0 Å². The van der Waals surface area contributed by atoms with Crippen molar-refractivity contribution in [3.8, 4) is 0 Å². The molecule has 0 amide bonds. The third-order valence-electron chi connectivity index (χ3n) is 1.81. The molecule has 0 N–H and O–H groups in total. The first kappa shape index (κ1) is 7.42. The zero-order valence-corrected chi connectivity index (χ0v) is 6.15. The van der Waals surface area contributed by atoms with Gasteiger partial charge in [-0.1, -0.05) is 0 Å². The Labute approximate surface area is 59.1 Å². The predicted molar refractivity (Wildman–Crippen MR) is 35.3 cm³/mol. The van der Waals surface area contributed by atoms with Crippen molar-refractivity contribution in [2.24, 2.45) is 4.99 Å². The minimum absolute atomic E-state index is 0.342. The van der Waals surface area contributed by atoms with Crippen LogP contribution in [0.5, 0.6) is 0 Å². The van der Waals surface area contributed by atoms with Gasteiger partial charge in [0.05, 0.1) is 5.54 Å². The quantitative estimate of drug-likeness (QED) is 0.405. The molecule has 0 atom stereocenters. The summed E-state index contributed by atoms with van der Waals surface area (Å²) < 4.78 is 12.8. The second-order valence-corrected chi connectivity index (χ2v) is 3.47. The van der Waals surface area contributed by atoms with Crippen LogP contribution in [0.15, 0.2) is 4.99 Å². The molecule has 1 aliphatic rings. The van der Waals surface area contributed by atoms with Gasteiger partial charge in [-0.3, -0.25) is 0 Å².